The third-order valence-electron chi connectivity index (χ3n) is 6.74. The van der Waals surface area contributed by atoms with Gasteiger partial charge in [0.1, 0.15) is 18.1 Å². The molecule has 0 aliphatic carbocycles. The Morgan fingerprint density at radius 2 is 1.63 bits per heavy atom. The summed E-state index contributed by atoms with van der Waals surface area (Å²) in [5, 5.41) is 20.1. The van der Waals surface area contributed by atoms with Gasteiger partial charge < -0.3 is 48.6 Å². The molecule has 43 heavy (non-hydrogen) atoms. The van der Waals surface area contributed by atoms with Crippen LogP contribution in [0.1, 0.15) is 45.1 Å². The molecule has 1 heterocycles. The van der Waals surface area contributed by atoms with E-state index in [9.17, 15) is 33.9 Å². The van der Waals surface area contributed by atoms with Gasteiger partial charge in [0.05, 0.1) is 19.0 Å². The number of carboxylic acids is 1. The Hall–Kier alpha value is -4.50. The van der Waals surface area contributed by atoms with Gasteiger partial charge in [-0.2, -0.15) is 0 Å². The number of hydrogen-bond acceptors (Lipinski definition) is 8. The van der Waals surface area contributed by atoms with Crippen molar-refractivity contribution >= 4 is 46.4 Å². The van der Waals surface area contributed by atoms with E-state index in [1.54, 1.807) is 20.0 Å². The number of primary amides is 1. The van der Waals surface area contributed by atoms with Crippen LogP contribution in [-0.2, 0) is 35.2 Å². The number of hydrogen-bond donors (Lipinski definition) is 9. The second-order valence-electron chi connectivity index (χ2n) is 10.6. The van der Waals surface area contributed by atoms with Crippen LogP contribution in [0.3, 0.4) is 0 Å². The average Bonchev–Trinajstić information content (AvgIpc) is 3.35. The van der Waals surface area contributed by atoms with Gasteiger partial charge in [-0.15, -0.1) is 0 Å². The number of unbranched alkanes of at least 4 members (excludes halogenated alkanes) is 1. The largest absolute Gasteiger partial charge is 0.480 e. The normalized spacial score (nSPS) is 13.9. The lowest BCUT2D eigenvalue weighted by atomic mass is 10.0. The van der Waals surface area contributed by atoms with Gasteiger partial charge in [-0.3, -0.25) is 24.0 Å². The molecule has 2 rings (SSSR count). The van der Waals surface area contributed by atoms with Crippen LogP contribution in [0, 0.1) is 5.92 Å². The monoisotopic (exact) mass is 602 g/mol. The molecule has 0 saturated carbocycles. The summed E-state index contributed by atoms with van der Waals surface area (Å²) in [6.07, 6.45) is 2.63. The molecule has 15 nitrogen and oxygen atoms in total. The van der Waals surface area contributed by atoms with Crippen molar-refractivity contribution in [3.8, 4) is 0 Å². The minimum atomic E-state index is -1.57. The molecule has 0 unspecified atom stereocenters. The van der Waals surface area contributed by atoms with E-state index in [2.05, 4.69) is 26.3 Å². The number of amides is 5. The second-order valence-corrected chi connectivity index (χ2v) is 10.6. The van der Waals surface area contributed by atoms with Crippen LogP contribution < -0.4 is 38.5 Å². The fourth-order valence-electron chi connectivity index (χ4n) is 4.39. The zero-order valence-corrected chi connectivity index (χ0v) is 24.4. The third-order valence-corrected chi connectivity index (χ3v) is 6.74. The molecule has 0 fully saturated rings. The highest BCUT2D eigenvalue weighted by Crippen LogP contribution is 2.18. The lowest BCUT2D eigenvalue weighted by molar-refractivity contribution is -0.144. The van der Waals surface area contributed by atoms with Crippen LogP contribution in [-0.4, -0.2) is 82.9 Å². The van der Waals surface area contributed by atoms with Crippen molar-refractivity contribution in [2.45, 2.75) is 70.1 Å². The summed E-state index contributed by atoms with van der Waals surface area (Å²) in [4.78, 5) is 77.1. The van der Waals surface area contributed by atoms with Gasteiger partial charge >= 0.3 is 5.97 Å². The number of fused-ring (bicyclic) bond motifs is 1. The molecule has 236 valence electrons. The van der Waals surface area contributed by atoms with Gasteiger partial charge in [-0.05, 0) is 49.8 Å². The van der Waals surface area contributed by atoms with E-state index in [0.717, 1.165) is 16.5 Å². The van der Waals surface area contributed by atoms with E-state index in [-0.39, 0.29) is 12.8 Å². The molecule has 1 aromatic carbocycles. The molecule has 0 spiro atoms. The number of benzene rings is 1. The fourth-order valence-corrected chi connectivity index (χ4v) is 4.39. The smallest absolute Gasteiger partial charge is 0.326 e. The summed E-state index contributed by atoms with van der Waals surface area (Å²) in [6.45, 7) is 3.18. The third kappa shape index (κ3) is 11.0. The van der Waals surface area contributed by atoms with Crippen LogP contribution >= 0.6 is 0 Å². The summed E-state index contributed by atoms with van der Waals surface area (Å²) >= 11 is 0. The molecule has 2 aromatic rings. The van der Waals surface area contributed by atoms with Gasteiger partial charge in [-0.1, -0.05) is 32.0 Å². The maximum absolute atomic E-state index is 13.2. The van der Waals surface area contributed by atoms with Crippen LogP contribution in [0.4, 0.5) is 0 Å². The summed E-state index contributed by atoms with van der Waals surface area (Å²) < 4.78 is 0. The van der Waals surface area contributed by atoms with E-state index in [0.29, 0.717) is 19.4 Å². The van der Waals surface area contributed by atoms with Gasteiger partial charge in [0.15, 0.2) is 0 Å². The van der Waals surface area contributed by atoms with Crippen molar-refractivity contribution in [1.29, 1.82) is 0 Å². The predicted molar refractivity (Wildman–Crippen MR) is 158 cm³/mol. The van der Waals surface area contributed by atoms with Crippen molar-refractivity contribution in [2.24, 2.45) is 23.1 Å². The maximum atomic E-state index is 13.2. The lowest BCUT2D eigenvalue weighted by Crippen LogP contribution is -2.58. The molecule has 0 aliphatic heterocycles. The van der Waals surface area contributed by atoms with Crippen molar-refractivity contribution in [1.82, 2.24) is 26.3 Å². The molecule has 0 radical (unpaired) electrons. The summed E-state index contributed by atoms with van der Waals surface area (Å²) in [6, 6.07) is 2.82. The number of para-hydroxylation sites is 1. The van der Waals surface area contributed by atoms with E-state index in [1.807, 2.05) is 24.3 Å². The molecular formula is C28H42N8O7. The molecule has 0 saturated heterocycles. The molecular weight excluding hydrogens is 560 g/mol. The molecule has 0 aliphatic rings. The Bertz CT molecular complexity index is 1290. The zero-order chi connectivity index (χ0) is 32.1. The standard InChI is InChI=1S/C28H42N8O7/c1-15(2)24(27(41)35-21(28(42)43)12-22(31)37)36-26(40)20(9-5-6-10-29)34-23(38)14-33-25(39)18(30)11-16-13-32-19-8-4-3-7-17(16)19/h3-4,7-8,13,15,18,20-21,24,32H,5-6,9-12,14,29-30H2,1-2H3,(H2,31,37)(H,33,39)(H,34,38)(H,35,41)(H,36,40)(H,42,43)/t18-,20-,21-,24-/m0/s1. The fraction of sp³-hybridized carbons (Fsp3) is 0.500. The Kier molecular flexibility index (Phi) is 13.6. The Morgan fingerprint density at radius 3 is 2.26 bits per heavy atom. The van der Waals surface area contributed by atoms with Crippen LogP contribution in [0.5, 0.6) is 0 Å². The highest BCUT2D eigenvalue weighted by molar-refractivity contribution is 5.95. The maximum Gasteiger partial charge on any atom is 0.326 e. The lowest BCUT2D eigenvalue weighted by Gasteiger charge is -2.26. The summed E-state index contributed by atoms with van der Waals surface area (Å²) in [7, 11) is 0. The van der Waals surface area contributed by atoms with Gasteiger partial charge in [0, 0.05) is 17.1 Å². The quantitative estimate of drug-likeness (QED) is 0.0884. The number of nitrogens with one attached hydrogen (secondary N) is 5. The van der Waals surface area contributed by atoms with Crippen molar-refractivity contribution < 1.29 is 33.9 Å². The van der Waals surface area contributed by atoms with Crippen molar-refractivity contribution in [3.63, 3.8) is 0 Å². The SMILES string of the molecule is CC(C)[C@H](NC(=O)[C@H](CCCCN)NC(=O)CNC(=O)[C@@H](N)Cc1c[nH]c2ccccc12)C(=O)N[C@@H](CC(N)=O)C(=O)O. The topological polar surface area (TPSA) is 265 Å². The number of aliphatic carboxylic acids is 1. The molecule has 0 bridgehead atoms. The Labute approximate surface area is 249 Å². The van der Waals surface area contributed by atoms with E-state index >= 15 is 0 Å². The van der Waals surface area contributed by atoms with Crippen molar-refractivity contribution in [3.05, 3.63) is 36.0 Å². The first kappa shape index (κ1) is 34.7. The van der Waals surface area contributed by atoms with E-state index < -0.39 is 78.6 Å². The molecule has 5 amide bonds. The van der Waals surface area contributed by atoms with Crippen LogP contribution in [0.25, 0.3) is 10.9 Å². The molecule has 12 N–H and O–H groups in total. The number of rotatable bonds is 18. The van der Waals surface area contributed by atoms with Gasteiger partial charge in [0.2, 0.25) is 29.5 Å². The van der Waals surface area contributed by atoms with Crippen molar-refractivity contribution in [2.75, 3.05) is 13.1 Å². The number of H-pyrrole nitrogens is 1. The highest BCUT2D eigenvalue weighted by Gasteiger charge is 2.32. The number of carbonyl (C=O) groups excluding carboxylic acids is 5. The Balaban J connectivity index is 2.00. The minimum absolute atomic E-state index is 0.189. The first-order valence-electron chi connectivity index (χ1n) is 14.0. The number of aromatic amines is 1. The van der Waals surface area contributed by atoms with Gasteiger partial charge in [0.25, 0.3) is 0 Å². The number of carboxylic acid groups (broad SMARTS) is 1. The number of carbonyl (C=O) groups is 6. The number of aromatic nitrogens is 1. The summed E-state index contributed by atoms with van der Waals surface area (Å²) in [5.41, 5.74) is 18.5. The molecule has 1 aromatic heterocycles. The Morgan fingerprint density at radius 1 is 0.930 bits per heavy atom. The molecule has 4 atom stereocenters. The summed E-state index contributed by atoms with van der Waals surface area (Å²) in [5.74, 6) is -5.60. The van der Waals surface area contributed by atoms with E-state index in [4.69, 9.17) is 17.2 Å². The minimum Gasteiger partial charge on any atom is -0.480 e. The average molecular weight is 603 g/mol. The van der Waals surface area contributed by atoms with Crippen LogP contribution in [0.15, 0.2) is 30.5 Å². The van der Waals surface area contributed by atoms with Crippen LogP contribution in [0.2, 0.25) is 0 Å². The number of nitrogens with two attached hydrogens (primary N) is 3. The predicted octanol–water partition coefficient (Wildman–Crippen LogP) is -1.65. The zero-order valence-electron chi connectivity index (χ0n) is 24.4. The first-order valence-corrected chi connectivity index (χ1v) is 14.0. The van der Waals surface area contributed by atoms with E-state index in [1.165, 1.54) is 0 Å². The highest BCUT2D eigenvalue weighted by atomic mass is 16.4. The molecule has 15 heteroatoms. The first-order chi connectivity index (χ1) is 20.3. The second kappa shape index (κ2) is 16.8. The van der Waals surface area contributed by atoms with Gasteiger partial charge in [-0.25, -0.2) is 4.79 Å².